The van der Waals surface area contributed by atoms with E-state index in [1.165, 1.54) is 12.4 Å². The van der Waals surface area contributed by atoms with Crippen molar-refractivity contribution >= 4 is 26.6 Å². The highest BCUT2D eigenvalue weighted by atomic mass is 32.2. The average molecular weight is 259 g/mol. The molecule has 0 bridgehead atoms. The Labute approximate surface area is 96.1 Å². The maximum absolute atomic E-state index is 11.8. The van der Waals surface area contributed by atoms with Crippen molar-refractivity contribution in [3.8, 4) is 0 Å². The van der Waals surface area contributed by atoms with Gasteiger partial charge in [-0.3, -0.25) is 4.72 Å². The van der Waals surface area contributed by atoms with Crippen LogP contribution in [0.3, 0.4) is 0 Å². The van der Waals surface area contributed by atoms with Gasteiger partial charge in [0, 0.05) is 18.0 Å². The summed E-state index contributed by atoms with van der Waals surface area (Å²) in [5.41, 5.74) is 0. The first-order valence-electron chi connectivity index (χ1n) is 4.46. The van der Waals surface area contributed by atoms with Crippen molar-refractivity contribution in [3.05, 3.63) is 18.2 Å². The zero-order valence-electron chi connectivity index (χ0n) is 8.34. The zero-order chi connectivity index (χ0) is 11.6. The summed E-state index contributed by atoms with van der Waals surface area (Å²) in [7, 11) is -3.61. The molecule has 0 saturated heterocycles. The molecule has 7 nitrogen and oxygen atoms in total. The predicted molar refractivity (Wildman–Crippen MR) is 58.7 cm³/mol. The number of hydrogen-bond acceptors (Lipinski definition) is 6. The van der Waals surface area contributed by atoms with Crippen molar-refractivity contribution < 1.29 is 8.42 Å². The number of aromatic nitrogens is 4. The molecule has 2 heterocycles. The predicted octanol–water partition coefficient (Wildman–Crippen LogP) is 0.624. The molecule has 2 N–H and O–H groups in total. The van der Waals surface area contributed by atoms with Crippen LogP contribution < -0.4 is 4.72 Å². The number of aromatic amines is 1. The van der Waals surface area contributed by atoms with Crippen LogP contribution in [-0.4, -0.2) is 28.0 Å². The summed E-state index contributed by atoms with van der Waals surface area (Å²) in [6, 6.07) is 0. The summed E-state index contributed by atoms with van der Waals surface area (Å²) in [6.07, 6.45) is 3.28. The second-order valence-electron chi connectivity index (χ2n) is 2.93. The van der Waals surface area contributed by atoms with Crippen molar-refractivity contribution in [2.45, 2.75) is 18.4 Å². The fourth-order valence-corrected chi connectivity index (χ4v) is 2.68. The second-order valence-corrected chi connectivity index (χ2v) is 5.37. The molecule has 9 heteroatoms. The van der Waals surface area contributed by atoms with E-state index in [9.17, 15) is 8.42 Å². The van der Waals surface area contributed by atoms with E-state index in [2.05, 4.69) is 24.3 Å². The van der Waals surface area contributed by atoms with Crippen LogP contribution >= 0.6 is 11.5 Å². The molecule has 0 aromatic carbocycles. The molecule has 2 aromatic heterocycles. The smallest absolute Gasteiger partial charge is 0.279 e. The van der Waals surface area contributed by atoms with Gasteiger partial charge in [-0.15, -0.1) is 5.10 Å². The lowest BCUT2D eigenvalue weighted by atomic mass is 10.5. The third kappa shape index (κ3) is 2.19. The van der Waals surface area contributed by atoms with Crippen LogP contribution in [0.15, 0.2) is 17.4 Å². The van der Waals surface area contributed by atoms with Crippen LogP contribution in [0.25, 0.3) is 0 Å². The maximum Gasteiger partial charge on any atom is 0.279 e. The fourth-order valence-electron chi connectivity index (χ4n) is 1.06. The Morgan fingerprint density at radius 2 is 2.31 bits per heavy atom. The highest BCUT2D eigenvalue weighted by Gasteiger charge is 2.17. The van der Waals surface area contributed by atoms with Crippen LogP contribution in [0.5, 0.6) is 0 Å². The number of anilines is 1. The normalized spacial score (nSPS) is 11.6. The van der Waals surface area contributed by atoms with Crippen LogP contribution in [0.4, 0.5) is 5.00 Å². The molecule has 0 radical (unpaired) electrons. The Bertz CT molecular complexity index is 559. The molecule has 0 amide bonds. The summed E-state index contributed by atoms with van der Waals surface area (Å²) < 4.78 is 29.5. The van der Waals surface area contributed by atoms with Gasteiger partial charge in [-0.1, -0.05) is 11.4 Å². The minimum atomic E-state index is -3.61. The number of nitrogens with one attached hydrogen (secondary N) is 2. The SMILES string of the molecule is CCc1ncc(S(=O)(=O)Nc2cnns2)[nH]1. The van der Waals surface area contributed by atoms with Crippen molar-refractivity contribution in [3.63, 3.8) is 0 Å². The molecule has 0 aliphatic rings. The largest absolute Gasteiger partial charge is 0.332 e. The molecule has 86 valence electrons. The Balaban J connectivity index is 2.25. The molecule has 2 aromatic rings. The molecule has 2 rings (SSSR count). The van der Waals surface area contributed by atoms with Crippen LogP contribution in [-0.2, 0) is 16.4 Å². The minimum Gasteiger partial charge on any atom is -0.332 e. The molecule has 0 saturated carbocycles. The van der Waals surface area contributed by atoms with Gasteiger partial charge < -0.3 is 4.98 Å². The highest BCUT2D eigenvalue weighted by Crippen LogP contribution is 2.16. The summed E-state index contributed by atoms with van der Waals surface area (Å²) in [6.45, 7) is 1.88. The van der Waals surface area contributed by atoms with Crippen LogP contribution in [0, 0.1) is 0 Å². The van der Waals surface area contributed by atoms with E-state index in [1.807, 2.05) is 6.92 Å². The van der Waals surface area contributed by atoms with Crippen LogP contribution in [0.1, 0.15) is 12.7 Å². The number of H-pyrrole nitrogens is 1. The standard InChI is InChI=1S/C7H9N5O2S2/c1-2-5-8-4-7(10-5)16(13,14)11-6-3-9-12-15-6/h3-4,11H,2H2,1H3,(H,8,10). The molecule has 0 aliphatic carbocycles. The van der Waals surface area contributed by atoms with E-state index in [1.54, 1.807) is 0 Å². The van der Waals surface area contributed by atoms with E-state index in [-0.39, 0.29) is 5.03 Å². The Morgan fingerprint density at radius 3 is 2.88 bits per heavy atom. The Kier molecular flexibility index (Phi) is 2.88. The van der Waals surface area contributed by atoms with E-state index in [0.29, 0.717) is 17.2 Å². The van der Waals surface area contributed by atoms with Crippen LogP contribution in [0.2, 0.25) is 0 Å². The molecule has 0 spiro atoms. The highest BCUT2D eigenvalue weighted by molar-refractivity contribution is 7.92. The van der Waals surface area contributed by atoms with Gasteiger partial charge in [0.1, 0.15) is 10.8 Å². The van der Waals surface area contributed by atoms with Gasteiger partial charge in [0.2, 0.25) is 0 Å². The Morgan fingerprint density at radius 1 is 1.50 bits per heavy atom. The van der Waals surface area contributed by atoms with Crippen molar-refractivity contribution in [1.82, 2.24) is 19.6 Å². The molecule has 0 atom stereocenters. The van der Waals surface area contributed by atoms with Gasteiger partial charge in [0.15, 0.2) is 5.03 Å². The second kappa shape index (κ2) is 4.18. The summed E-state index contributed by atoms with van der Waals surface area (Å²) >= 11 is 0.971. The van der Waals surface area contributed by atoms with Gasteiger partial charge in [0.05, 0.1) is 12.4 Å². The molecular weight excluding hydrogens is 250 g/mol. The third-order valence-corrected chi connectivity index (χ3v) is 3.81. The van der Waals surface area contributed by atoms with Crippen molar-refractivity contribution in [2.75, 3.05) is 4.72 Å². The van der Waals surface area contributed by atoms with Gasteiger partial charge in [0.25, 0.3) is 10.0 Å². The minimum absolute atomic E-state index is 0.0396. The van der Waals surface area contributed by atoms with E-state index >= 15 is 0 Å². The third-order valence-electron chi connectivity index (χ3n) is 1.83. The number of sulfonamides is 1. The molecular formula is C7H9N5O2S2. The number of aryl methyl sites for hydroxylation is 1. The summed E-state index contributed by atoms with van der Waals surface area (Å²) in [5, 5.41) is 3.94. The molecule has 0 fully saturated rings. The zero-order valence-corrected chi connectivity index (χ0v) is 9.97. The monoisotopic (exact) mass is 259 g/mol. The number of nitrogens with zero attached hydrogens (tertiary/aromatic N) is 3. The van der Waals surface area contributed by atoms with Crippen molar-refractivity contribution in [1.29, 1.82) is 0 Å². The number of imidazole rings is 1. The summed E-state index contributed by atoms with van der Waals surface area (Å²) in [4.78, 5) is 6.65. The lowest BCUT2D eigenvalue weighted by Crippen LogP contribution is -2.12. The quantitative estimate of drug-likeness (QED) is 0.838. The molecule has 0 aliphatic heterocycles. The van der Waals surface area contributed by atoms with Gasteiger partial charge >= 0.3 is 0 Å². The maximum atomic E-state index is 11.8. The van der Waals surface area contributed by atoms with Gasteiger partial charge in [-0.25, -0.2) is 4.98 Å². The first-order chi connectivity index (χ1) is 7.62. The topological polar surface area (TPSA) is 101 Å². The number of rotatable bonds is 4. The van der Waals surface area contributed by atoms with E-state index in [4.69, 9.17) is 0 Å². The van der Waals surface area contributed by atoms with Gasteiger partial charge in [-0.2, -0.15) is 8.42 Å². The number of hydrogen-bond donors (Lipinski definition) is 2. The first kappa shape index (κ1) is 11.0. The average Bonchev–Trinajstić information content (AvgIpc) is 2.85. The molecule has 16 heavy (non-hydrogen) atoms. The van der Waals surface area contributed by atoms with E-state index in [0.717, 1.165) is 11.5 Å². The van der Waals surface area contributed by atoms with Gasteiger partial charge in [-0.05, 0) is 0 Å². The Hall–Kier alpha value is -1.48. The van der Waals surface area contributed by atoms with Crippen molar-refractivity contribution in [2.24, 2.45) is 0 Å². The van der Waals surface area contributed by atoms with E-state index < -0.39 is 10.0 Å². The fraction of sp³-hybridized carbons (Fsp3) is 0.286. The molecule has 0 unspecified atom stereocenters. The lowest BCUT2D eigenvalue weighted by molar-refractivity contribution is 0.598. The first-order valence-corrected chi connectivity index (χ1v) is 6.71. The summed E-state index contributed by atoms with van der Waals surface area (Å²) in [5.74, 6) is 0.628. The lowest BCUT2D eigenvalue weighted by Gasteiger charge is -2.01.